The normalized spacial score (nSPS) is 13.6. The molecule has 6 rings (SSSR count). The Bertz CT molecular complexity index is 1730. The Labute approximate surface area is 239 Å². The summed E-state index contributed by atoms with van der Waals surface area (Å²) >= 11 is 0. The highest BCUT2D eigenvalue weighted by Gasteiger charge is 2.35. The molecular weight excluding hydrogens is 549 g/mol. The summed E-state index contributed by atoms with van der Waals surface area (Å²) in [6.07, 6.45) is 1.99. The van der Waals surface area contributed by atoms with Gasteiger partial charge in [-0.15, -0.1) is 0 Å². The second-order valence-corrected chi connectivity index (χ2v) is 10.2. The number of benzene rings is 1. The third-order valence-electron chi connectivity index (χ3n) is 7.16. The van der Waals surface area contributed by atoms with Crippen LogP contribution in [-0.2, 0) is 26.4 Å². The first-order valence-corrected chi connectivity index (χ1v) is 13.5. The number of likely N-dealkylation sites (N-methyl/N-ethyl adjacent to an activating group) is 1. The van der Waals surface area contributed by atoms with Gasteiger partial charge in [0.1, 0.15) is 29.8 Å². The van der Waals surface area contributed by atoms with Gasteiger partial charge in [0.25, 0.3) is 0 Å². The van der Waals surface area contributed by atoms with E-state index in [2.05, 4.69) is 20.3 Å². The molecule has 5 aromatic rings. The number of aryl methyl sites for hydroxylation is 1. The van der Waals surface area contributed by atoms with Crippen LogP contribution in [0, 0.1) is 0 Å². The molecule has 0 aliphatic heterocycles. The molecule has 0 atom stereocenters. The van der Waals surface area contributed by atoms with Gasteiger partial charge in [-0.2, -0.15) is 18.2 Å². The molecular formula is C29H29F3N8O2. The summed E-state index contributed by atoms with van der Waals surface area (Å²) < 4.78 is 54.7. The van der Waals surface area contributed by atoms with E-state index in [-0.39, 0.29) is 12.4 Å². The highest BCUT2D eigenvalue weighted by Crippen LogP contribution is 2.45. The Balaban J connectivity index is 1.33. The summed E-state index contributed by atoms with van der Waals surface area (Å²) in [5.74, 6) is 1.76. The van der Waals surface area contributed by atoms with Crippen molar-refractivity contribution in [3.8, 4) is 34.5 Å². The van der Waals surface area contributed by atoms with E-state index in [1.807, 2.05) is 23.9 Å². The number of aromatic nitrogens is 7. The first kappa shape index (κ1) is 27.6. The van der Waals surface area contributed by atoms with E-state index in [0.717, 1.165) is 42.4 Å². The Morgan fingerprint density at radius 2 is 1.81 bits per heavy atom. The maximum Gasteiger partial charge on any atom is 0.434 e. The molecule has 1 aromatic carbocycles. The number of halogens is 3. The van der Waals surface area contributed by atoms with Gasteiger partial charge in [-0.3, -0.25) is 0 Å². The number of imidazole rings is 1. The van der Waals surface area contributed by atoms with Crippen molar-refractivity contribution in [2.24, 2.45) is 7.05 Å². The van der Waals surface area contributed by atoms with Gasteiger partial charge in [0.15, 0.2) is 11.5 Å². The Morgan fingerprint density at radius 1 is 1.02 bits per heavy atom. The summed E-state index contributed by atoms with van der Waals surface area (Å²) in [6.45, 7) is 1.60. The Kier molecular flexibility index (Phi) is 7.27. The third-order valence-corrected chi connectivity index (χ3v) is 7.16. The monoisotopic (exact) mass is 578 g/mol. The quantitative estimate of drug-likeness (QED) is 0.247. The van der Waals surface area contributed by atoms with E-state index in [1.54, 1.807) is 31.4 Å². The van der Waals surface area contributed by atoms with Gasteiger partial charge in [-0.05, 0) is 31.5 Å². The predicted octanol–water partition coefficient (Wildman–Crippen LogP) is 4.99. The number of alkyl halides is 3. The summed E-state index contributed by atoms with van der Waals surface area (Å²) in [6, 6.07) is 8.98. The number of nitrogens with one attached hydrogen (secondary N) is 1. The second kappa shape index (κ2) is 11.0. The van der Waals surface area contributed by atoms with Gasteiger partial charge < -0.3 is 23.9 Å². The SMILES string of the molecule is CNCCn1ccc2nc(-c3c(OC)ncnc3C3CC3)nc(OCc3ccc(-c4nc(C(F)(F)F)cn4C)cc3)c21. The summed E-state index contributed by atoms with van der Waals surface area (Å²) in [4.78, 5) is 22.3. The molecule has 0 amide bonds. The molecule has 4 aromatic heterocycles. The summed E-state index contributed by atoms with van der Waals surface area (Å²) in [7, 11) is 4.99. The van der Waals surface area contributed by atoms with Crippen LogP contribution in [0.2, 0.25) is 0 Å². The van der Waals surface area contributed by atoms with Crippen LogP contribution in [-0.4, -0.2) is 54.8 Å². The van der Waals surface area contributed by atoms with E-state index in [1.165, 1.54) is 17.9 Å². The van der Waals surface area contributed by atoms with Gasteiger partial charge in [0.05, 0.1) is 18.3 Å². The highest BCUT2D eigenvalue weighted by molar-refractivity contribution is 5.84. The fourth-order valence-electron chi connectivity index (χ4n) is 4.89. The summed E-state index contributed by atoms with van der Waals surface area (Å²) in [5, 5.41) is 3.15. The van der Waals surface area contributed by atoms with Crippen LogP contribution in [0.5, 0.6) is 11.8 Å². The lowest BCUT2D eigenvalue weighted by molar-refractivity contribution is -0.140. The number of hydrogen-bond donors (Lipinski definition) is 1. The zero-order chi connectivity index (χ0) is 29.4. The van der Waals surface area contributed by atoms with Crippen LogP contribution in [0.4, 0.5) is 13.2 Å². The first-order chi connectivity index (χ1) is 20.3. The molecule has 1 N–H and O–H groups in total. The standard InChI is InChI=1S/C29H29F3N8O2/c1-33-11-13-40-12-10-20-24(40)28(38-25(36-20)22-23(18-8-9-18)34-16-35-27(22)41-3)42-15-17-4-6-19(7-5-17)26-37-21(14-39(26)2)29(30,31)32/h4-7,10,12,14,16,18,33H,8-9,11,13,15H2,1-3H3. The highest BCUT2D eigenvalue weighted by atomic mass is 19.4. The van der Waals surface area contributed by atoms with E-state index in [4.69, 9.17) is 19.4 Å². The van der Waals surface area contributed by atoms with Gasteiger partial charge >= 0.3 is 6.18 Å². The Hall–Kier alpha value is -4.52. The van der Waals surface area contributed by atoms with Crippen molar-refractivity contribution in [3.05, 3.63) is 66.0 Å². The van der Waals surface area contributed by atoms with E-state index in [9.17, 15) is 13.2 Å². The largest absolute Gasteiger partial charge is 0.480 e. The molecule has 0 radical (unpaired) electrons. The zero-order valence-electron chi connectivity index (χ0n) is 23.3. The van der Waals surface area contributed by atoms with E-state index in [0.29, 0.717) is 46.7 Å². The predicted molar refractivity (Wildman–Crippen MR) is 149 cm³/mol. The number of hydrogen-bond acceptors (Lipinski definition) is 8. The summed E-state index contributed by atoms with van der Waals surface area (Å²) in [5.41, 5.74) is 3.43. The number of rotatable bonds is 10. The molecule has 0 unspecified atom stereocenters. The molecule has 1 aliphatic rings. The van der Waals surface area contributed by atoms with Crippen LogP contribution in [0.3, 0.4) is 0 Å². The van der Waals surface area contributed by atoms with Crippen LogP contribution in [0.25, 0.3) is 33.8 Å². The molecule has 42 heavy (non-hydrogen) atoms. The fraction of sp³-hybridized carbons (Fsp3) is 0.345. The number of ether oxygens (including phenoxy) is 2. The Morgan fingerprint density at radius 3 is 2.48 bits per heavy atom. The topological polar surface area (TPSA) is 105 Å². The van der Waals surface area contributed by atoms with Crippen molar-refractivity contribution in [1.82, 2.24) is 39.4 Å². The molecule has 218 valence electrons. The molecule has 1 saturated carbocycles. The molecule has 1 fully saturated rings. The van der Waals surface area contributed by atoms with Gasteiger partial charge in [0, 0.05) is 44.0 Å². The molecule has 10 nitrogen and oxygen atoms in total. The lowest BCUT2D eigenvalue weighted by Gasteiger charge is -2.14. The number of nitrogens with zero attached hydrogens (tertiary/aromatic N) is 7. The lowest BCUT2D eigenvalue weighted by Crippen LogP contribution is -2.15. The van der Waals surface area contributed by atoms with Gasteiger partial charge in [-0.1, -0.05) is 24.3 Å². The van der Waals surface area contributed by atoms with Crippen LogP contribution in [0.1, 0.15) is 35.7 Å². The molecule has 0 saturated heterocycles. The van der Waals surface area contributed by atoms with Crippen LogP contribution >= 0.6 is 0 Å². The van der Waals surface area contributed by atoms with Crippen LogP contribution in [0.15, 0.2) is 49.1 Å². The first-order valence-electron chi connectivity index (χ1n) is 13.5. The molecule has 13 heteroatoms. The minimum Gasteiger partial charge on any atom is -0.480 e. The van der Waals surface area contributed by atoms with E-state index < -0.39 is 11.9 Å². The molecule has 4 heterocycles. The smallest absolute Gasteiger partial charge is 0.434 e. The van der Waals surface area contributed by atoms with Crippen molar-refractivity contribution >= 4 is 11.0 Å². The van der Waals surface area contributed by atoms with Crippen molar-refractivity contribution in [2.75, 3.05) is 20.7 Å². The minimum absolute atomic E-state index is 0.176. The zero-order valence-corrected chi connectivity index (χ0v) is 23.3. The number of methoxy groups -OCH3 is 1. The third kappa shape index (κ3) is 5.39. The second-order valence-electron chi connectivity index (χ2n) is 10.2. The van der Waals surface area contributed by atoms with Gasteiger partial charge in [-0.25, -0.2) is 19.9 Å². The molecule has 1 aliphatic carbocycles. The number of fused-ring (bicyclic) bond motifs is 1. The van der Waals surface area contributed by atoms with Crippen molar-refractivity contribution in [1.29, 1.82) is 0 Å². The average molecular weight is 579 g/mol. The van der Waals surface area contributed by atoms with Crippen molar-refractivity contribution in [2.45, 2.75) is 38.1 Å². The minimum atomic E-state index is -4.51. The molecule has 0 bridgehead atoms. The van der Waals surface area contributed by atoms with Gasteiger partial charge in [0.2, 0.25) is 11.8 Å². The van der Waals surface area contributed by atoms with E-state index >= 15 is 0 Å². The maximum atomic E-state index is 13.1. The van der Waals surface area contributed by atoms with Crippen molar-refractivity contribution < 1.29 is 22.6 Å². The van der Waals surface area contributed by atoms with Crippen molar-refractivity contribution in [3.63, 3.8) is 0 Å². The lowest BCUT2D eigenvalue weighted by atomic mass is 10.1. The average Bonchev–Trinajstić information content (AvgIpc) is 3.63. The maximum absolute atomic E-state index is 13.1. The van der Waals surface area contributed by atoms with Crippen LogP contribution < -0.4 is 14.8 Å². The fourth-order valence-corrected chi connectivity index (χ4v) is 4.89. The molecule has 0 spiro atoms.